The Morgan fingerprint density at radius 1 is 1.38 bits per heavy atom. The average molecular weight is 407 g/mol. The van der Waals surface area contributed by atoms with Crippen molar-refractivity contribution in [3.8, 4) is 0 Å². The number of ether oxygens (including phenoxy) is 1. The Hall–Kier alpha value is -1.79. The number of carbonyl (C=O) groups excluding carboxylic acids is 3. The molecule has 0 heterocycles. The molecule has 0 aromatic rings. The van der Waals surface area contributed by atoms with Crippen LogP contribution < -0.4 is 0 Å². The molecule has 1 saturated carbocycles. The fraction of sp³-hybridized carbons (Fsp3) is 0.696. The van der Waals surface area contributed by atoms with Gasteiger partial charge in [-0.15, -0.1) is 0 Å². The third-order valence-corrected chi connectivity index (χ3v) is 7.31. The third kappa shape index (κ3) is 4.86. The van der Waals surface area contributed by atoms with Crippen molar-refractivity contribution in [2.24, 2.45) is 22.7 Å². The molecule has 0 aromatic heterocycles. The molecular weight excluding hydrogens is 372 g/mol. The zero-order valence-corrected chi connectivity index (χ0v) is 18.2. The number of hydrogen-bond donors (Lipinski definition) is 2. The third-order valence-electron chi connectivity index (χ3n) is 7.31. The van der Waals surface area contributed by atoms with E-state index in [2.05, 4.69) is 13.8 Å². The minimum Gasteiger partial charge on any atom is -0.460 e. The first-order valence-electron chi connectivity index (χ1n) is 10.3. The van der Waals surface area contributed by atoms with Gasteiger partial charge in [0.15, 0.2) is 5.78 Å². The van der Waals surface area contributed by atoms with Crippen LogP contribution in [-0.4, -0.2) is 47.1 Å². The fourth-order valence-electron chi connectivity index (χ4n) is 4.98. The summed E-state index contributed by atoms with van der Waals surface area (Å²) in [7, 11) is 0. The van der Waals surface area contributed by atoms with E-state index in [1.807, 2.05) is 20.8 Å². The number of allylic oxidation sites excluding steroid dienone is 3. The highest BCUT2D eigenvalue weighted by molar-refractivity contribution is 5.93. The molecule has 0 spiro atoms. The molecular formula is C23H34O6. The lowest BCUT2D eigenvalue weighted by Gasteiger charge is -2.56. The molecule has 29 heavy (non-hydrogen) atoms. The van der Waals surface area contributed by atoms with Crippen molar-refractivity contribution in [2.45, 2.75) is 66.4 Å². The van der Waals surface area contributed by atoms with E-state index in [-0.39, 0.29) is 40.8 Å². The molecule has 0 amide bonds. The number of Topliss-reactive ketones (excluding diaryl/α,β-unsaturated/α-hetero) is 1. The van der Waals surface area contributed by atoms with Gasteiger partial charge < -0.3 is 14.9 Å². The SMILES string of the molecule is CC(=CC(=O)OC[C@H](O)CO)CC[C@]1(C)[C@@H](C)C(=O)C[C@]2(C)C(C)=CC(=O)C[C@@H]12. The first kappa shape index (κ1) is 23.5. The highest BCUT2D eigenvalue weighted by atomic mass is 16.5. The van der Waals surface area contributed by atoms with Crippen LogP contribution in [0.25, 0.3) is 0 Å². The molecule has 2 aliphatic carbocycles. The number of hydrogen-bond acceptors (Lipinski definition) is 6. The van der Waals surface area contributed by atoms with Gasteiger partial charge in [0.05, 0.1) is 6.61 Å². The van der Waals surface area contributed by atoms with Gasteiger partial charge in [-0.25, -0.2) is 4.79 Å². The van der Waals surface area contributed by atoms with E-state index in [1.54, 1.807) is 6.08 Å². The number of aliphatic hydroxyl groups excluding tert-OH is 2. The van der Waals surface area contributed by atoms with Crippen LogP contribution in [0.4, 0.5) is 0 Å². The van der Waals surface area contributed by atoms with Gasteiger partial charge in [-0.05, 0) is 49.5 Å². The van der Waals surface area contributed by atoms with Crippen LogP contribution in [0.1, 0.15) is 60.3 Å². The molecule has 5 atom stereocenters. The molecule has 162 valence electrons. The molecule has 2 N–H and O–H groups in total. The van der Waals surface area contributed by atoms with Crippen LogP contribution in [0.3, 0.4) is 0 Å². The predicted octanol–water partition coefficient (Wildman–Crippen LogP) is 2.77. The van der Waals surface area contributed by atoms with Crippen LogP contribution >= 0.6 is 0 Å². The monoisotopic (exact) mass is 406 g/mol. The first-order chi connectivity index (χ1) is 13.4. The molecule has 0 bridgehead atoms. The maximum absolute atomic E-state index is 12.9. The summed E-state index contributed by atoms with van der Waals surface area (Å²) in [5, 5.41) is 18.0. The van der Waals surface area contributed by atoms with Gasteiger partial charge in [-0.2, -0.15) is 0 Å². The van der Waals surface area contributed by atoms with Gasteiger partial charge in [0.1, 0.15) is 18.5 Å². The molecule has 0 aliphatic heterocycles. The summed E-state index contributed by atoms with van der Waals surface area (Å²) in [6.07, 6.45) is 4.22. The second-order valence-corrected chi connectivity index (χ2v) is 9.30. The molecule has 6 heteroatoms. The van der Waals surface area contributed by atoms with E-state index in [9.17, 15) is 19.5 Å². The lowest BCUT2D eigenvalue weighted by atomic mass is 9.46. The Balaban J connectivity index is 2.15. The van der Waals surface area contributed by atoms with Crippen molar-refractivity contribution >= 4 is 17.5 Å². The predicted molar refractivity (Wildman–Crippen MR) is 109 cm³/mol. The largest absolute Gasteiger partial charge is 0.460 e. The van der Waals surface area contributed by atoms with E-state index in [0.717, 1.165) is 11.1 Å². The van der Waals surface area contributed by atoms with Crippen molar-refractivity contribution in [3.05, 3.63) is 23.3 Å². The summed E-state index contributed by atoms with van der Waals surface area (Å²) in [5.74, 6) is -0.286. The van der Waals surface area contributed by atoms with Crippen molar-refractivity contribution in [2.75, 3.05) is 13.2 Å². The van der Waals surface area contributed by atoms with E-state index >= 15 is 0 Å². The van der Waals surface area contributed by atoms with E-state index in [1.165, 1.54) is 6.08 Å². The minimum absolute atomic E-state index is 0.0830. The number of aliphatic hydroxyl groups is 2. The van der Waals surface area contributed by atoms with Crippen molar-refractivity contribution in [1.82, 2.24) is 0 Å². The van der Waals surface area contributed by atoms with Crippen LogP contribution in [0, 0.1) is 22.7 Å². The molecule has 0 unspecified atom stereocenters. The topological polar surface area (TPSA) is 101 Å². The van der Waals surface area contributed by atoms with Crippen molar-refractivity contribution in [3.63, 3.8) is 0 Å². The van der Waals surface area contributed by atoms with Gasteiger partial charge >= 0.3 is 5.97 Å². The summed E-state index contributed by atoms with van der Waals surface area (Å²) in [6.45, 7) is 9.23. The normalized spacial score (nSPS) is 33.8. The van der Waals surface area contributed by atoms with Crippen molar-refractivity contribution < 1.29 is 29.3 Å². The van der Waals surface area contributed by atoms with Crippen LogP contribution in [0.2, 0.25) is 0 Å². The molecule has 0 saturated heterocycles. The van der Waals surface area contributed by atoms with Gasteiger partial charge in [0.2, 0.25) is 0 Å². The first-order valence-corrected chi connectivity index (χ1v) is 10.3. The number of fused-ring (bicyclic) bond motifs is 1. The van der Waals surface area contributed by atoms with Gasteiger partial charge in [0, 0.05) is 24.8 Å². The highest BCUT2D eigenvalue weighted by Crippen LogP contribution is 2.60. The molecule has 0 aromatic carbocycles. The lowest BCUT2D eigenvalue weighted by molar-refractivity contribution is -0.145. The molecule has 2 rings (SSSR count). The maximum Gasteiger partial charge on any atom is 0.330 e. The van der Waals surface area contributed by atoms with E-state index < -0.39 is 18.7 Å². The molecule has 1 fully saturated rings. The highest BCUT2D eigenvalue weighted by Gasteiger charge is 2.57. The number of esters is 1. The summed E-state index contributed by atoms with van der Waals surface area (Å²) in [5.41, 5.74) is 1.16. The Morgan fingerprint density at radius 3 is 2.66 bits per heavy atom. The Bertz CT molecular complexity index is 736. The van der Waals surface area contributed by atoms with Gasteiger partial charge in [0.25, 0.3) is 0 Å². The number of rotatable bonds is 7. The van der Waals surface area contributed by atoms with E-state index in [4.69, 9.17) is 9.84 Å². The van der Waals surface area contributed by atoms with Crippen LogP contribution in [-0.2, 0) is 19.1 Å². The summed E-state index contributed by atoms with van der Waals surface area (Å²) < 4.78 is 4.92. The van der Waals surface area contributed by atoms with Crippen LogP contribution in [0.5, 0.6) is 0 Å². The molecule has 0 radical (unpaired) electrons. The second kappa shape index (κ2) is 8.92. The number of carbonyl (C=O) groups is 3. The summed E-state index contributed by atoms with van der Waals surface area (Å²) >= 11 is 0. The van der Waals surface area contributed by atoms with E-state index in [0.29, 0.717) is 25.7 Å². The molecule has 2 aliphatic rings. The lowest BCUT2D eigenvalue weighted by Crippen LogP contribution is -2.54. The summed E-state index contributed by atoms with van der Waals surface area (Å²) in [6, 6.07) is 0. The zero-order chi connectivity index (χ0) is 22.0. The van der Waals surface area contributed by atoms with Gasteiger partial charge in [-0.1, -0.05) is 31.9 Å². The summed E-state index contributed by atoms with van der Waals surface area (Å²) in [4.78, 5) is 37.1. The average Bonchev–Trinajstić information content (AvgIpc) is 2.65. The Labute approximate surface area is 173 Å². The standard InChI is InChI=1S/C23H34O6/c1-14(8-21(28)29-13-18(26)12-24)6-7-22(4)16(3)19(27)11-23(5)15(2)9-17(25)10-20(22)23/h8-9,16,18,20,24,26H,6-7,10-13H2,1-5H3/t16-,18+,20-,22+,23+/m0/s1. The fourth-order valence-corrected chi connectivity index (χ4v) is 4.98. The second-order valence-electron chi connectivity index (χ2n) is 9.30. The van der Waals surface area contributed by atoms with Crippen molar-refractivity contribution in [1.29, 1.82) is 0 Å². The minimum atomic E-state index is -1.08. The zero-order valence-electron chi connectivity index (χ0n) is 18.2. The molecule has 6 nitrogen and oxygen atoms in total. The van der Waals surface area contributed by atoms with Crippen LogP contribution in [0.15, 0.2) is 23.3 Å². The Morgan fingerprint density at radius 2 is 2.03 bits per heavy atom. The smallest absolute Gasteiger partial charge is 0.330 e. The Kier molecular flexibility index (Phi) is 7.23. The van der Waals surface area contributed by atoms with Gasteiger partial charge in [-0.3, -0.25) is 9.59 Å². The quantitative estimate of drug-likeness (QED) is 0.498. The maximum atomic E-state index is 12.9. The number of ketones is 2.